The third-order valence-electron chi connectivity index (χ3n) is 5.00. The quantitative estimate of drug-likeness (QED) is 0.174. The first-order chi connectivity index (χ1) is 12.9. The third kappa shape index (κ3) is 6.82. The molecule has 146 valence electrons. The summed E-state index contributed by atoms with van der Waals surface area (Å²) in [4.78, 5) is 12.8. The molecule has 27 heavy (non-hydrogen) atoms. The van der Waals surface area contributed by atoms with Gasteiger partial charge in [0.25, 0.3) is 0 Å². The number of rotatable bonds is 11. The highest BCUT2D eigenvalue weighted by Crippen LogP contribution is 2.35. The number of hydrogen-bond donors (Lipinski definition) is 0. The van der Waals surface area contributed by atoms with Gasteiger partial charge in [0.05, 0.1) is 12.2 Å². The Morgan fingerprint density at radius 2 is 1.63 bits per heavy atom. The summed E-state index contributed by atoms with van der Waals surface area (Å²) in [5.74, 6) is 0.667. The highest BCUT2D eigenvalue weighted by Gasteiger charge is 2.28. The molecule has 0 aliphatic heterocycles. The normalized spacial score (nSPS) is 12.6. The topological polar surface area (TPSA) is 26.3 Å². The predicted octanol–water partition coefficient (Wildman–Crippen LogP) is 7.08. The molecule has 0 aliphatic rings. The molecule has 0 radical (unpaired) electrons. The van der Waals surface area contributed by atoms with Crippen molar-refractivity contribution in [3.05, 3.63) is 65.7 Å². The SMILES string of the molecule is CCCCC(CCCOc1ccccc1C(=O)c1ccccc1)[Si](C)(C)Cl. The van der Waals surface area contributed by atoms with Gasteiger partial charge in [-0.3, -0.25) is 4.79 Å². The molecule has 0 amide bonds. The molecule has 0 bridgehead atoms. The van der Waals surface area contributed by atoms with Gasteiger partial charge in [0.15, 0.2) is 13.2 Å². The second-order valence-corrected chi connectivity index (χ2v) is 14.5. The molecule has 4 heteroatoms. The van der Waals surface area contributed by atoms with Crippen molar-refractivity contribution in [3.8, 4) is 5.75 Å². The minimum atomic E-state index is -1.66. The summed E-state index contributed by atoms with van der Waals surface area (Å²) >= 11 is 6.72. The van der Waals surface area contributed by atoms with E-state index in [1.54, 1.807) is 0 Å². The average molecular weight is 403 g/mol. The lowest BCUT2D eigenvalue weighted by Gasteiger charge is -2.26. The zero-order valence-corrected chi connectivity index (χ0v) is 18.5. The molecule has 0 aromatic heterocycles. The molecule has 1 unspecified atom stereocenters. The molecule has 0 fully saturated rings. The first kappa shape index (κ1) is 21.7. The zero-order chi connectivity index (χ0) is 19.7. The van der Waals surface area contributed by atoms with E-state index in [2.05, 4.69) is 20.0 Å². The fourth-order valence-corrected chi connectivity index (χ4v) is 5.75. The molecule has 0 spiro atoms. The van der Waals surface area contributed by atoms with Crippen molar-refractivity contribution >= 4 is 24.2 Å². The van der Waals surface area contributed by atoms with Crippen molar-refractivity contribution in [2.45, 2.75) is 57.7 Å². The van der Waals surface area contributed by atoms with Crippen LogP contribution in [0.1, 0.15) is 54.9 Å². The second kappa shape index (κ2) is 10.7. The maximum Gasteiger partial charge on any atom is 0.196 e. The summed E-state index contributed by atoms with van der Waals surface area (Å²) < 4.78 is 6.00. The summed E-state index contributed by atoms with van der Waals surface area (Å²) in [5, 5.41) is 0. The van der Waals surface area contributed by atoms with Gasteiger partial charge in [0.2, 0.25) is 0 Å². The van der Waals surface area contributed by atoms with Crippen LogP contribution in [-0.2, 0) is 0 Å². The lowest BCUT2D eigenvalue weighted by Crippen LogP contribution is -2.25. The number of ketones is 1. The molecule has 0 heterocycles. The summed E-state index contributed by atoms with van der Waals surface area (Å²) in [7, 11) is -1.66. The molecule has 2 aromatic rings. The van der Waals surface area contributed by atoms with Crippen molar-refractivity contribution in [1.82, 2.24) is 0 Å². The Bertz CT molecular complexity index is 710. The van der Waals surface area contributed by atoms with Crippen LogP contribution >= 0.6 is 11.1 Å². The molecular formula is C23H31ClO2Si. The van der Waals surface area contributed by atoms with Crippen molar-refractivity contribution in [1.29, 1.82) is 0 Å². The molecular weight excluding hydrogens is 372 g/mol. The van der Waals surface area contributed by atoms with Crippen molar-refractivity contribution in [2.24, 2.45) is 0 Å². The van der Waals surface area contributed by atoms with E-state index in [0.29, 0.717) is 29.0 Å². The number of carbonyl (C=O) groups is 1. The largest absolute Gasteiger partial charge is 0.493 e. The van der Waals surface area contributed by atoms with Gasteiger partial charge in [-0.05, 0) is 30.5 Å². The number of ether oxygens (including phenoxy) is 1. The number of unbranched alkanes of at least 4 members (excludes halogenated alkanes) is 1. The number of carbonyl (C=O) groups excluding carboxylic acids is 1. The predicted molar refractivity (Wildman–Crippen MR) is 118 cm³/mol. The van der Waals surface area contributed by atoms with E-state index in [0.717, 1.165) is 12.8 Å². The molecule has 2 aromatic carbocycles. The standard InChI is InChI=1S/C23H31ClO2Si/c1-4-5-14-20(27(2,3)24)15-11-18-26-22-17-10-9-16-21(22)23(25)19-12-7-6-8-13-19/h6-10,12-13,16-17,20H,4-5,11,14-15,18H2,1-3H3. The Kier molecular flexibility index (Phi) is 8.58. The van der Waals surface area contributed by atoms with Crippen LogP contribution in [0.2, 0.25) is 18.6 Å². The van der Waals surface area contributed by atoms with Gasteiger partial charge in [-0.15, -0.1) is 0 Å². The summed E-state index contributed by atoms with van der Waals surface area (Å²) in [6.07, 6.45) is 5.72. The molecule has 1 atom stereocenters. The minimum absolute atomic E-state index is 0.00122. The van der Waals surface area contributed by atoms with Crippen LogP contribution in [-0.4, -0.2) is 19.8 Å². The Hall–Kier alpha value is -1.58. The van der Waals surface area contributed by atoms with Gasteiger partial charge >= 0.3 is 0 Å². The van der Waals surface area contributed by atoms with E-state index < -0.39 is 7.38 Å². The van der Waals surface area contributed by atoms with Crippen molar-refractivity contribution < 1.29 is 9.53 Å². The Morgan fingerprint density at radius 3 is 2.30 bits per heavy atom. The van der Waals surface area contributed by atoms with E-state index >= 15 is 0 Å². The van der Waals surface area contributed by atoms with Crippen LogP contribution in [0, 0.1) is 0 Å². The van der Waals surface area contributed by atoms with Gasteiger partial charge in [-0.1, -0.05) is 81.7 Å². The lowest BCUT2D eigenvalue weighted by atomic mass is 10.0. The monoisotopic (exact) mass is 402 g/mol. The van der Waals surface area contributed by atoms with E-state index in [4.69, 9.17) is 15.8 Å². The molecule has 2 rings (SSSR count). The lowest BCUT2D eigenvalue weighted by molar-refractivity contribution is 0.103. The van der Waals surface area contributed by atoms with Gasteiger partial charge in [-0.2, -0.15) is 11.1 Å². The summed E-state index contributed by atoms with van der Waals surface area (Å²) in [6, 6.07) is 16.9. The maximum absolute atomic E-state index is 12.8. The van der Waals surface area contributed by atoms with Crippen molar-refractivity contribution in [2.75, 3.05) is 6.61 Å². The Morgan fingerprint density at radius 1 is 1.00 bits per heavy atom. The zero-order valence-electron chi connectivity index (χ0n) is 16.7. The first-order valence-corrected chi connectivity index (χ1v) is 14.0. The third-order valence-corrected chi connectivity index (χ3v) is 8.44. The number of halogens is 1. The minimum Gasteiger partial charge on any atom is -0.493 e. The Balaban J connectivity index is 1.95. The van der Waals surface area contributed by atoms with E-state index in [9.17, 15) is 4.79 Å². The highest BCUT2D eigenvalue weighted by atomic mass is 35.6. The molecule has 0 saturated carbocycles. The van der Waals surface area contributed by atoms with E-state index in [1.165, 1.54) is 19.3 Å². The smallest absolute Gasteiger partial charge is 0.196 e. The van der Waals surface area contributed by atoms with Crippen LogP contribution in [0.5, 0.6) is 5.75 Å². The molecule has 0 saturated heterocycles. The fraction of sp³-hybridized carbons (Fsp3) is 0.435. The average Bonchev–Trinajstić information content (AvgIpc) is 2.67. The molecule has 0 N–H and O–H groups in total. The van der Waals surface area contributed by atoms with Crippen LogP contribution < -0.4 is 4.74 Å². The molecule has 2 nitrogen and oxygen atoms in total. The van der Waals surface area contributed by atoms with Crippen LogP contribution in [0.25, 0.3) is 0 Å². The van der Waals surface area contributed by atoms with Crippen LogP contribution in [0.15, 0.2) is 54.6 Å². The number of benzene rings is 2. The maximum atomic E-state index is 12.8. The van der Waals surface area contributed by atoms with Gasteiger partial charge in [0.1, 0.15) is 5.75 Å². The first-order valence-electron chi connectivity index (χ1n) is 9.94. The van der Waals surface area contributed by atoms with E-state index in [1.807, 2.05) is 54.6 Å². The van der Waals surface area contributed by atoms with E-state index in [-0.39, 0.29) is 5.78 Å². The summed E-state index contributed by atoms with van der Waals surface area (Å²) in [6.45, 7) is 7.32. The Labute approximate surface area is 169 Å². The summed E-state index contributed by atoms with van der Waals surface area (Å²) in [5.41, 5.74) is 1.92. The van der Waals surface area contributed by atoms with Gasteiger partial charge in [0, 0.05) is 5.56 Å². The van der Waals surface area contributed by atoms with Gasteiger partial charge in [-0.25, -0.2) is 0 Å². The molecule has 0 aliphatic carbocycles. The fourth-order valence-electron chi connectivity index (χ4n) is 3.32. The highest BCUT2D eigenvalue weighted by molar-refractivity contribution is 7.19. The van der Waals surface area contributed by atoms with Gasteiger partial charge < -0.3 is 4.74 Å². The number of hydrogen-bond acceptors (Lipinski definition) is 2. The van der Waals surface area contributed by atoms with Crippen LogP contribution in [0.3, 0.4) is 0 Å². The second-order valence-electron chi connectivity index (χ2n) is 7.59. The van der Waals surface area contributed by atoms with Crippen LogP contribution in [0.4, 0.5) is 0 Å². The number of para-hydroxylation sites is 1. The van der Waals surface area contributed by atoms with Crippen molar-refractivity contribution in [3.63, 3.8) is 0 Å².